The van der Waals surface area contributed by atoms with Crippen molar-refractivity contribution in [2.75, 3.05) is 7.11 Å². The molecular formula is C18H15ClN2O2S3. The molecule has 3 aromatic rings. The van der Waals surface area contributed by atoms with Crippen LogP contribution in [0.15, 0.2) is 52.9 Å². The monoisotopic (exact) mass is 422 g/mol. The van der Waals surface area contributed by atoms with Crippen LogP contribution in [0.5, 0.6) is 5.75 Å². The van der Waals surface area contributed by atoms with Gasteiger partial charge < -0.3 is 4.74 Å². The van der Waals surface area contributed by atoms with E-state index in [1.165, 1.54) is 23.1 Å². The molecular weight excluding hydrogens is 408 g/mol. The molecule has 1 unspecified atom stereocenters. The van der Waals surface area contributed by atoms with Crippen LogP contribution in [-0.4, -0.2) is 27.9 Å². The van der Waals surface area contributed by atoms with Gasteiger partial charge in [0.2, 0.25) is 0 Å². The number of ketones is 1. The number of halogens is 1. The van der Waals surface area contributed by atoms with Crippen LogP contribution in [0.25, 0.3) is 5.69 Å². The molecule has 0 aliphatic carbocycles. The summed E-state index contributed by atoms with van der Waals surface area (Å²) in [5, 5.41) is 4.91. The summed E-state index contributed by atoms with van der Waals surface area (Å²) in [5.41, 5.74) is 1.49. The maximum atomic E-state index is 12.6. The summed E-state index contributed by atoms with van der Waals surface area (Å²) in [6, 6.07) is 14.4. The van der Waals surface area contributed by atoms with Crippen LogP contribution in [0.3, 0.4) is 0 Å². The molecule has 8 heteroatoms. The number of Topliss-reactive ketones (excluding diaryl/α,β-unsaturated/α-hetero) is 1. The highest BCUT2D eigenvalue weighted by Crippen LogP contribution is 2.30. The lowest BCUT2D eigenvalue weighted by atomic mass is 10.1. The number of carbonyl (C=O) groups is 1. The van der Waals surface area contributed by atoms with E-state index < -0.39 is 0 Å². The molecule has 0 aliphatic rings. The van der Waals surface area contributed by atoms with Gasteiger partial charge in [-0.15, -0.1) is 5.10 Å². The van der Waals surface area contributed by atoms with Gasteiger partial charge in [0.05, 0.1) is 18.0 Å². The minimum absolute atomic E-state index is 0.0387. The molecule has 3 rings (SSSR count). The number of hydrogen-bond acceptors (Lipinski definition) is 6. The summed E-state index contributed by atoms with van der Waals surface area (Å²) in [6.07, 6.45) is 0. The number of hydrogen-bond donors (Lipinski definition) is 0. The Hall–Kier alpha value is -1.67. The Morgan fingerprint density at radius 2 is 1.88 bits per heavy atom. The lowest BCUT2D eigenvalue weighted by Crippen LogP contribution is -2.13. The van der Waals surface area contributed by atoms with Crippen molar-refractivity contribution in [2.24, 2.45) is 0 Å². The Kier molecular flexibility index (Phi) is 6.13. The minimum Gasteiger partial charge on any atom is -0.497 e. The van der Waals surface area contributed by atoms with E-state index >= 15 is 0 Å². The molecule has 0 aliphatic heterocycles. The minimum atomic E-state index is -0.275. The van der Waals surface area contributed by atoms with Gasteiger partial charge in [-0.2, -0.15) is 0 Å². The molecule has 0 saturated carbocycles. The Morgan fingerprint density at radius 1 is 1.23 bits per heavy atom. The Bertz CT molecular complexity index is 965. The van der Waals surface area contributed by atoms with E-state index in [1.807, 2.05) is 19.1 Å². The van der Waals surface area contributed by atoms with Gasteiger partial charge in [0.25, 0.3) is 0 Å². The van der Waals surface area contributed by atoms with Crippen molar-refractivity contribution < 1.29 is 9.53 Å². The van der Waals surface area contributed by atoms with Gasteiger partial charge in [-0.3, -0.25) is 4.79 Å². The standard InChI is InChI=1S/C18H15ClN2O2S3/c1-11(16(22)12-3-9-15(23-2)10-4-12)25-17-20-21(18(24)26-17)14-7-5-13(19)6-8-14/h3-11H,1-2H3. The average Bonchev–Trinajstić information content (AvgIpc) is 3.02. The summed E-state index contributed by atoms with van der Waals surface area (Å²) in [7, 11) is 1.60. The summed E-state index contributed by atoms with van der Waals surface area (Å²) in [4.78, 5) is 12.6. The molecule has 0 amide bonds. The smallest absolute Gasteiger partial charge is 0.184 e. The molecule has 2 aromatic carbocycles. The van der Waals surface area contributed by atoms with E-state index in [9.17, 15) is 4.79 Å². The molecule has 0 bridgehead atoms. The van der Waals surface area contributed by atoms with Gasteiger partial charge in [0, 0.05) is 10.6 Å². The predicted molar refractivity (Wildman–Crippen MR) is 110 cm³/mol. The van der Waals surface area contributed by atoms with E-state index in [1.54, 1.807) is 48.2 Å². The molecule has 1 aromatic heterocycles. The van der Waals surface area contributed by atoms with Crippen molar-refractivity contribution >= 4 is 52.7 Å². The average molecular weight is 423 g/mol. The molecule has 0 spiro atoms. The zero-order valence-electron chi connectivity index (χ0n) is 14.0. The lowest BCUT2D eigenvalue weighted by Gasteiger charge is -2.08. The number of aromatic nitrogens is 2. The fourth-order valence-electron chi connectivity index (χ4n) is 2.25. The number of ether oxygens (including phenoxy) is 1. The van der Waals surface area contributed by atoms with Gasteiger partial charge in [-0.25, -0.2) is 4.68 Å². The van der Waals surface area contributed by atoms with Crippen molar-refractivity contribution in [3.05, 3.63) is 63.1 Å². The number of methoxy groups -OCH3 is 1. The van der Waals surface area contributed by atoms with Gasteiger partial charge in [0.1, 0.15) is 5.75 Å². The highest BCUT2D eigenvalue weighted by Gasteiger charge is 2.19. The number of benzene rings is 2. The Morgan fingerprint density at radius 3 is 2.50 bits per heavy atom. The van der Waals surface area contributed by atoms with Gasteiger partial charge >= 0.3 is 0 Å². The number of carbonyl (C=O) groups excluding carboxylic acids is 1. The number of nitrogens with zero attached hydrogens (tertiary/aromatic N) is 2. The van der Waals surface area contributed by atoms with Crippen LogP contribution < -0.4 is 4.74 Å². The fourth-order valence-corrected chi connectivity index (χ4v) is 4.96. The maximum absolute atomic E-state index is 12.6. The van der Waals surface area contributed by atoms with Gasteiger partial charge in [-0.05, 0) is 67.7 Å². The van der Waals surface area contributed by atoms with Crippen LogP contribution in [0.1, 0.15) is 17.3 Å². The first kappa shape index (κ1) is 19.1. The first-order chi connectivity index (χ1) is 12.5. The maximum Gasteiger partial charge on any atom is 0.184 e. The molecule has 0 radical (unpaired) electrons. The second-order valence-corrected chi connectivity index (χ2v) is 9.02. The summed E-state index contributed by atoms with van der Waals surface area (Å²) < 4.78 is 8.18. The van der Waals surface area contributed by atoms with Crippen molar-refractivity contribution in [3.8, 4) is 11.4 Å². The number of rotatable bonds is 6. The Balaban J connectivity index is 1.76. The third-order valence-electron chi connectivity index (χ3n) is 3.62. The lowest BCUT2D eigenvalue weighted by molar-refractivity contribution is 0.0994. The van der Waals surface area contributed by atoms with E-state index in [4.69, 9.17) is 28.6 Å². The number of thioether (sulfide) groups is 1. The van der Waals surface area contributed by atoms with Crippen molar-refractivity contribution in [1.82, 2.24) is 9.78 Å². The van der Waals surface area contributed by atoms with Gasteiger partial charge in [0.15, 0.2) is 14.1 Å². The van der Waals surface area contributed by atoms with Crippen molar-refractivity contribution in [3.63, 3.8) is 0 Å². The molecule has 1 heterocycles. The van der Waals surface area contributed by atoms with Crippen LogP contribution >= 0.6 is 46.9 Å². The fraction of sp³-hybridized carbons (Fsp3) is 0.167. The highest BCUT2D eigenvalue weighted by atomic mass is 35.5. The summed E-state index contributed by atoms with van der Waals surface area (Å²) in [6.45, 7) is 1.87. The molecule has 0 saturated heterocycles. The van der Waals surface area contributed by atoms with Crippen LogP contribution in [0, 0.1) is 3.95 Å². The first-order valence-corrected chi connectivity index (χ1v) is 10.2. The van der Waals surface area contributed by atoms with Crippen LogP contribution in [0.4, 0.5) is 0 Å². The SMILES string of the molecule is COc1ccc(C(=O)C(C)Sc2nn(-c3ccc(Cl)cc3)c(=S)s2)cc1. The highest BCUT2D eigenvalue weighted by molar-refractivity contribution is 8.02. The topological polar surface area (TPSA) is 44.1 Å². The summed E-state index contributed by atoms with van der Waals surface area (Å²) >= 11 is 14.1. The van der Waals surface area contributed by atoms with E-state index in [2.05, 4.69) is 5.10 Å². The first-order valence-electron chi connectivity index (χ1n) is 7.69. The third-order valence-corrected chi connectivity index (χ3v) is 6.29. The zero-order valence-corrected chi connectivity index (χ0v) is 17.2. The van der Waals surface area contributed by atoms with Gasteiger partial charge in [-0.1, -0.05) is 34.7 Å². The van der Waals surface area contributed by atoms with Crippen LogP contribution in [-0.2, 0) is 0 Å². The molecule has 4 nitrogen and oxygen atoms in total. The molecule has 0 N–H and O–H groups in total. The molecule has 0 fully saturated rings. The second-order valence-electron chi connectivity index (χ2n) is 5.37. The quantitative estimate of drug-likeness (QED) is 0.290. The normalized spacial score (nSPS) is 12.0. The van der Waals surface area contributed by atoms with Crippen molar-refractivity contribution in [1.29, 1.82) is 0 Å². The Labute approximate surface area is 169 Å². The van der Waals surface area contributed by atoms with E-state index in [-0.39, 0.29) is 11.0 Å². The summed E-state index contributed by atoms with van der Waals surface area (Å²) in [5.74, 6) is 0.762. The third kappa shape index (κ3) is 4.35. The zero-order chi connectivity index (χ0) is 18.7. The molecule has 1 atom stereocenters. The van der Waals surface area contributed by atoms with Crippen LogP contribution in [0.2, 0.25) is 5.02 Å². The molecule has 134 valence electrons. The predicted octanol–water partition coefficient (Wildman–Crippen LogP) is 5.69. The second kappa shape index (κ2) is 8.35. The van der Waals surface area contributed by atoms with Crippen molar-refractivity contribution in [2.45, 2.75) is 16.5 Å². The van der Waals surface area contributed by atoms with E-state index in [0.717, 1.165) is 15.8 Å². The largest absolute Gasteiger partial charge is 0.497 e. The van der Waals surface area contributed by atoms with E-state index in [0.29, 0.717) is 14.5 Å². The molecule has 26 heavy (non-hydrogen) atoms.